The van der Waals surface area contributed by atoms with Gasteiger partial charge in [-0.1, -0.05) is 39.7 Å². The van der Waals surface area contributed by atoms with Gasteiger partial charge in [0.2, 0.25) is 0 Å². The molecule has 1 aliphatic rings. The molecule has 2 heterocycles. The summed E-state index contributed by atoms with van der Waals surface area (Å²) in [6.45, 7) is 2.36. The predicted molar refractivity (Wildman–Crippen MR) is 123 cm³/mol. The number of ketones is 1. The van der Waals surface area contributed by atoms with Crippen LogP contribution in [-0.4, -0.2) is 28.3 Å². The van der Waals surface area contributed by atoms with Crippen LogP contribution in [0.1, 0.15) is 29.9 Å². The highest BCUT2D eigenvalue weighted by atomic mass is 79.9. The molecule has 6 nitrogen and oxygen atoms in total. The van der Waals surface area contributed by atoms with Gasteiger partial charge in [0.25, 0.3) is 11.7 Å². The van der Waals surface area contributed by atoms with Crippen molar-refractivity contribution in [1.29, 1.82) is 0 Å². The van der Waals surface area contributed by atoms with Crippen molar-refractivity contribution >= 4 is 45.0 Å². The number of rotatable bonds is 6. The van der Waals surface area contributed by atoms with Crippen molar-refractivity contribution in [2.24, 2.45) is 0 Å². The highest BCUT2D eigenvalue weighted by molar-refractivity contribution is 9.10. The Labute approximate surface area is 198 Å². The topological polar surface area (TPSA) is 80.0 Å². The molecule has 1 fully saturated rings. The van der Waals surface area contributed by atoms with Crippen molar-refractivity contribution in [3.8, 4) is 5.75 Å². The van der Waals surface area contributed by atoms with Crippen LogP contribution in [0.5, 0.6) is 5.75 Å². The Bertz CT molecular complexity index is 1190. The lowest BCUT2D eigenvalue weighted by Gasteiger charge is -2.24. The van der Waals surface area contributed by atoms with Crippen LogP contribution in [0.2, 0.25) is 5.02 Å². The molecule has 0 saturated carbocycles. The molecule has 3 aromatic rings. The van der Waals surface area contributed by atoms with Gasteiger partial charge in [-0.15, -0.1) is 0 Å². The molecule has 164 valence electrons. The Hall–Kier alpha value is -3.03. The average molecular weight is 517 g/mol. The van der Waals surface area contributed by atoms with Crippen molar-refractivity contribution in [3.05, 3.63) is 92.8 Å². The minimum Gasteiger partial charge on any atom is -0.507 e. The van der Waals surface area contributed by atoms with Crippen molar-refractivity contribution in [3.63, 3.8) is 0 Å². The minimum absolute atomic E-state index is 0.0101. The number of carbonyl (C=O) groups excluding carboxylic acids is 2. The van der Waals surface area contributed by atoms with Crippen molar-refractivity contribution in [1.82, 2.24) is 4.90 Å². The zero-order chi connectivity index (χ0) is 22.8. The lowest BCUT2D eigenvalue weighted by molar-refractivity contribution is -0.140. The monoisotopic (exact) mass is 515 g/mol. The molecule has 1 atom stereocenters. The fourth-order valence-electron chi connectivity index (χ4n) is 3.68. The molecule has 4 rings (SSSR count). The normalized spacial score (nSPS) is 17.7. The van der Waals surface area contributed by atoms with Gasteiger partial charge in [-0.25, -0.2) is 0 Å². The summed E-state index contributed by atoms with van der Waals surface area (Å²) in [5.74, 6) is -0.797. The van der Waals surface area contributed by atoms with Crippen LogP contribution < -0.4 is 4.74 Å². The first-order chi connectivity index (χ1) is 15.4. The first-order valence-corrected chi connectivity index (χ1v) is 11.1. The third-order valence-electron chi connectivity index (χ3n) is 5.14. The van der Waals surface area contributed by atoms with Gasteiger partial charge in [0, 0.05) is 10.0 Å². The lowest BCUT2D eigenvalue weighted by atomic mass is 9.95. The molecule has 2 aromatic carbocycles. The van der Waals surface area contributed by atoms with E-state index in [-0.39, 0.29) is 17.9 Å². The fraction of sp³-hybridized carbons (Fsp3) is 0.167. The standard InChI is InChI=1S/C24H19BrClNO5/c1-2-31-19-10-7-15(12-18(19)26)22(28)20-21(14-5-8-16(25)9-6-14)27(24(30)23(20)29)13-17-4-3-11-32-17/h3-12,21,28H,2,13H2,1H3/t21-/m0/s1. The Kier molecular flexibility index (Phi) is 6.39. The van der Waals surface area contributed by atoms with Crippen LogP contribution in [0.15, 0.2) is 75.3 Å². The number of ether oxygens (including phenoxy) is 1. The molecule has 1 aliphatic heterocycles. The van der Waals surface area contributed by atoms with Gasteiger partial charge < -0.3 is 19.2 Å². The summed E-state index contributed by atoms with van der Waals surface area (Å²) in [7, 11) is 0. The fourth-order valence-corrected chi connectivity index (χ4v) is 4.18. The van der Waals surface area contributed by atoms with Crippen LogP contribution in [0.4, 0.5) is 0 Å². The highest BCUT2D eigenvalue weighted by Crippen LogP contribution is 2.41. The van der Waals surface area contributed by atoms with Crippen LogP contribution in [0.25, 0.3) is 5.76 Å². The van der Waals surface area contributed by atoms with Crippen molar-refractivity contribution in [2.75, 3.05) is 6.61 Å². The predicted octanol–water partition coefficient (Wildman–Crippen LogP) is 5.72. The third-order valence-corrected chi connectivity index (χ3v) is 5.96. The molecule has 0 radical (unpaired) electrons. The number of carbonyl (C=O) groups is 2. The minimum atomic E-state index is -0.793. The second-order valence-electron chi connectivity index (χ2n) is 7.14. The molecule has 0 bridgehead atoms. The lowest BCUT2D eigenvalue weighted by Crippen LogP contribution is -2.29. The third kappa shape index (κ3) is 4.18. The summed E-state index contributed by atoms with van der Waals surface area (Å²) in [5.41, 5.74) is 0.984. The Morgan fingerprint density at radius 3 is 2.56 bits per heavy atom. The number of nitrogens with zero attached hydrogens (tertiary/aromatic N) is 1. The van der Waals surface area contributed by atoms with Gasteiger partial charge >= 0.3 is 0 Å². The number of hydrogen-bond acceptors (Lipinski definition) is 5. The van der Waals surface area contributed by atoms with Crippen LogP contribution >= 0.6 is 27.5 Å². The molecule has 0 spiro atoms. The van der Waals surface area contributed by atoms with E-state index in [0.29, 0.717) is 34.3 Å². The molecule has 0 unspecified atom stereocenters. The second kappa shape index (κ2) is 9.22. The van der Waals surface area contributed by atoms with Crippen molar-refractivity contribution in [2.45, 2.75) is 19.5 Å². The van der Waals surface area contributed by atoms with Gasteiger partial charge in [-0.2, -0.15) is 0 Å². The van der Waals surface area contributed by atoms with E-state index in [1.807, 2.05) is 19.1 Å². The Morgan fingerprint density at radius 1 is 1.19 bits per heavy atom. The largest absolute Gasteiger partial charge is 0.507 e. The quantitative estimate of drug-likeness (QED) is 0.258. The maximum Gasteiger partial charge on any atom is 0.296 e. The molecule has 1 aromatic heterocycles. The summed E-state index contributed by atoms with van der Waals surface area (Å²) >= 11 is 9.68. The number of furan rings is 1. The molecule has 8 heteroatoms. The van der Waals surface area contributed by atoms with Gasteiger partial charge in [0.1, 0.15) is 17.3 Å². The van der Waals surface area contributed by atoms with E-state index in [1.165, 1.54) is 17.2 Å². The zero-order valence-corrected chi connectivity index (χ0v) is 19.4. The molecular formula is C24H19BrClNO5. The average Bonchev–Trinajstić information content (AvgIpc) is 3.38. The number of likely N-dealkylation sites (tertiary alicyclic amines) is 1. The number of aliphatic hydroxyl groups excluding tert-OH is 1. The van der Waals surface area contributed by atoms with Crippen LogP contribution in [0, 0.1) is 0 Å². The van der Waals surface area contributed by atoms with E-state index >= 15 is 0 Å². The SMILES string of the molecule is CCOc1ccc(C(O)=C2C(=O)C(=O)N(Cc3ccco3)[C@H]2c2ccc(Br)cc2)cc1Cl. The maximum atomic E-state index is 13.1. The molecule has 1 amide bonds. The molecule has 0 aliphatic carbocycles. The molecule has 32 heavy (non-hydrogen) atoms. The second-order valence-corrected chi connectivity index (χ2v) is 8.46. The van der Waals surface area contributed by atoms with Crippen molar-refractivity contribution < 1.29 is 23.8 Å². The molecular weight excluding hydrogens is 498 g/mol. The number of halogens is 2. The summed E-state index contributed by atoms with van der Waals surface area (Å²) in [4.78, 5) is 27.4. The summed E-state index contributed by atoms with van der Waals surface area (Å²) in [6, 6.07) is 14.6. The summed E-state index contributed by atoms with van der Waals surface area (Å²) in [6.07, 6.45) is 1.50. The first kappa shape index (κ1) is 22.2. The van der Waals surface area contributed by atoms with Crippen LogP contribution in [-0.2, 0) is 16.1 Å². The smallest absolute Gasteiger partial charge is 0.296 e. The van der Waals surface area contributed by atoms with E-state index in [0.717, 1.165) is 4.47 Å². The van der Waals surface area contributed by atoms with Gasteiger partial charge in [-0.3, -0.25) is 9.59 Å². The first-order valence-electron chi connectivity index (χ1n) is 9.89. The molecule has 1 N–H and O–H groups in total. The number of Topliss-reactive ketones (excluding diaryl/α,β-unsaturated/α-hetero) is 1. The summed E-state index contributed by atoms with van der Waals surface area (Å²) in [5, 5.41) is 11.4. The summed E-state index contributed by atoms with van der Waals surface area (Å²) < 4.78 is 11.7. The van der Waals surface area contributed by atoms with Gasteiger partial charge in [0.15, 0.2) is 0 Å². The van der Waals surface area contributed by atoms with Crippen LogP contribution in [0.3, 0.4) is 0 Å². The van der Waals surface area contributed by atoms with E-state index < -0.39 is 17.7 Å². The Balaban J connectivity index is 1.84. The number of aliphatic hydroxyl groups is 1. The number of hydrogen-bond donors (Lipinski definition) is 1. The Morgan fingerprint density at radius 2 is 1.94 bits per heavy atom. The highest BCUT2D eigenvalue weighted by Gasteiger charge is 2.46. The maximum absolute atomic E-state index is 13.1. The number of amides is 1. The van der Waals surface area contributed by atoms with E-state index in [1.54, 1.807) is 36.4 Å². The van der Waals surface area contributed by atoms with E-state index in [4.69, 9.17) is 20.8 Å². The van der Waals surface area contributed by atoms with E-state index in [2.05, 4.69) is 15.9 Å². The van der Waals surface area contributed by atoms with Gasteiger partial charge in [-0.05, 0) is 55.0 Å². The molecule has 1 saturated heterocycles. The van der Waals surface area contributed by atoms with E-state index in [9.17, 15) is 14.7 Å². The van der Waals surface area contributed by atoms with Gasteiger partial charge in [0.05, 0.1) is 36.1 Å². The number of benzene rings is 2. The zero-order valence-electron chi connectivity index (χ0n) is 17.0.